The summed E-state index contributed by atoms with van der Waals surface area (Å²) in [5.41, 5.74) is 2.41. The molecule has 0 saturated carbocycles. The first kappa shape index (κ1) is 12.1. The highest BCUT2D eigenvalue weighted by Gasteiger charge is 2.14. The van der Waals surface area contributed by atoms with Gasteiger partial charge in [0.1, 0.15) is 5.69 Å². The van der Waals surface area contributed by atoms with Crippen LogP contribution >= 0.6 is 33.9 Å². The van der Waals surface area contributed by atoms with Crippen molar-refractivity contribution >= 4 is 33.9 Å². The molecule has 0 bridgehead atoms. The Morgan fingerprint density at radius 2 is 2.06 bits per heavy atom. The Kier molecular flexibility index (Phi) is 3.39. The largest absolute Gasteiger partial charge is 0.269 e. The van der Waals surface area contributed by atoms with Gasteiger partial charge in [0.25, 0.3) is 0 Å². The number of nitrogens with zero attached hydrogens (tertiary/aromatic N) is 2. The lowest BCUT2D eigenvalue weighted by atomic mass is 10.2. The summed E-state index contributed by atoms with van der Waals surface area (Å²) in [6.07, 6.45) is 2.12. The van der Waals surface area contributed by atoms with Crippen LogP contribution in [0, 0.1) is 17.4 Å². The summed E-state index contributed by atoms with van der Waals surface area (Å²) in [4.78, 5) is 2.70. The van der Waals surface area contributed by atoms with Gasteiger partial charge in [-0.15, -0.1) is 11.3 Å². The smallest absolute Gasteiger partial charge is 0.107 e. The molecule has 86 valence electrons. The molecule has 0 radical (unpaired) electrons. The molecule has 2 aromatic rings. The Hall–Kier alpha value is -0.360. The quantitative estimate of drug-likeness (QED) is 0.737. The highest BCUT2D eigenvalue weighted by Crippen LogP contribution is 2.32. The fraction of sp³-hybridized carbons (Fsp3) is 0.417. The van der Waals surface area contributed by atoms with Crippen LogP contribution in [-0.2, 0) is 0 Å². The van der Waals surface area contributed by atoms with Gasteiger partial charge in [0.15, 0.2) is 0 Å². The molecule has 0 atom stereocenters. The lowest BCUT2D eigenvalue weighted by molar-refractivity contribution is 0.533. The molecule has 0 amide bonds. The van der Waals surface area contributed by atoms with Crippen molar-refractivity contribution in [3.8, 4) is 11.3 Å². The van der Waals surface area contributed by atoms with E-state index in [2.05, 4.69) is 67.6 Å². The molecule has 0 aromatic carbocycles. The second-order valence-electron chi connectivity index (χ2n) is 4.23. The molecule has 0 N–H and O–H groups in total. The molecule has 0 aliphatic carbocycles. The molecule has 2 heterocycles. The van der Waals surface area contributed by atoms with Crippen LogP contribution in [0.2, 0.25) is 0 Å². The summed E-state index contributed by atoms with van der Waals surface area (Å²) in [7, 11) is 0. The zero-order valence-corrected chi connectivity index (χ0v) is 12.9. The van der Waals surface area contributed by atoms with Gasteiger partial charge in [0.2, 0.25) is 0 Å². The van der Waals surface area contributed by atoms with Crippen molar-refractivity contribution in [1.82, 2.24) is 9.78 Å². The van der Waals surface area contributed by atoms with Gasteiger partial charge in [-0.25, -0.2) is 0 Å². The van der Waals surface area contributed by atoms with Gasteiger partial charge in [0, 0.05) is 27.6 Å². The van der Waals surface area contributed by atoms with Gasteiger partial charge < -0.3 is 0 Å². The summed E-state index contributed by atoms with van der Waals surface area (Å²) in [6.45, 7) is 8.61. The molecule has 4 heteroatoms. The molecule has 16 heavy (non-hydrogen) atoms. The predicted octanol–water partition coefficient (Wildman–Crippen LogP) is 4.41. The molecule has 0 aliphatic rings. The zero-order valence-electron chi connectivity index (χ0n) is 9.91. The van der Waals surface area contributed by atoms with Crippen molar-refractivity contribution < 1.29 is 0 Å². The third kappa shape index (κ3) is 2.18. The number of aryl methyl sites for hydroxylation is 2. The summed E-state index contributed by atoms with van der Waals surface area (Å²) >= 11 is 4.20. The fourth-order valence-electron chi connectivity index (χ4n) is 1.68. The maximum Gasteiger partial charge on any atom is 0.107 e. The molecule has 0 aliphatic heterocycles. The highest BCUT2D eigenvalue weighted by atomic mass is 127. The molecule has 0 spiro atoms. The Bertz CT molecular complexity index is 511. The third-order valence-corrected chi connectivity index (χ3v) is 4.27. The van der Waals surface area contributed by atoms with E-state index in [0.29, 0.717) is 6.04 Å². The zero-order chi connectivity index (χ0) is 11.9. The van der Waals surface area contributed by atoms with E-state index in [1.807, 2.05) is 16.0 Å². The Morgan fingerprint density at radius 1 is 1.38 bits per heavy atom. The number of hydrogen-bond donors (Lipinski definition) is 0. The summed E-state index contributed by atoms with van der Waals surface area (Å²) < 4.78 is 3.26. The van der Waals surface area contributed by atoms with E-state index in [9.17, 15) is 0 Å². The van der Waals surface area contributed by atoms with Crippen molar-refractivity contribution in [3.63, 3.8) is 0 Å². The normalized spacial score (nSPS) is 11.4. The number of hydrogen-bond acceptors (Lipinski definition) is 2. The van der Waals surface area contributed by atoms with Crippen molar-refractivity contribution in [2.24, 2.45) is 0 Å². The molecule has 2 aromatic heterocycles. The van der Waals surface area contributed by atoms with E-state index in [1.54, 1.807) is 0 Å². The Labute approximate surface area is 114 Å². The van der Waals surface area contributed by atoms with Crippen LogP contribution in [0.1, 0.15) is 29.6 Å². The van der Waals surface area contributed by atoms with Crippen molar-refractivity contribution in [2.45, 2.75) is 33.7 Å². The van der Waals surface area contributed by atoms with E-state index in [1.165, 1.54) is 18.9 Å². The second-order valence-corrected chi connectivity index (χ2v) is 6.85. The molecule has 2 rings (SSSR count). The van der Waals surface area contributed by atoms with Crippen LogP contribution < -0.4 is 0 Å². The molecular weight excluding hydrogens is 331 g/mol. The number of thiophene rings is 1. The molecule has 0 saturated heterocycles. The Morgan fingerprint density at radius 3 is 2.50 bits per heavy atom. The second kappa shape index (κ2) is 4.49. The number of rotatable bonds is 2. The summed E-state index contributed by atoms with van der Waals surface area (Å²) in [6, 6.07) is 2.65. The predicted molar refractivity (Wildman–Crippen MR) is 78.1 cm³/mol. The van der Waals surface area contributed by atoms with E-state index in [4.69, 9.17) is 0 Å². The lowest BCUT2D eigenvalue weighted by Crippen LogP contribution is -2.00. The van der Waals surface area contributed by atoms with E-state index >= 15 is 0 Å². The lowest BCUT2D eigenvalue weighted by Gasteiger charge is -2.03. The first-order valence-electron chi connectivity index (χ1n) is 5.31. The molecular formula is C12H15IN2S. The van der Waals surface area contributed by atoms with Crippen LogP contribution in [0.3, 0.4) is 0 Å². The molecule has 0 unspecified atom stereocenters. The van der Waals surface area contributed by atoms with E-state index < -0.39 is 0 Å². The SMILES string of the molecule is Cc1cc(-c2nn(C(C)C)cc2I)c(C)s1. The van der Waals surface area contributed by atoms with Crippen molar-refractivity contribution in [3.05, 3.63) is 25.6 Å². The van der Waals surface area contributed by atoms with Crippen LogP contribution in [-0.4, -0.2) is 9.78 Å². The van der Waals surface area contributed by atoms with Crippen LogP contribution in [0.5, 0.6) is 0 Å². The van der Waals surface area contributed by atoms with Gasteiger partial charge in [-0.3, -0.25) is 4.68 Å². The van der Waals surface area contributed by atoms with Crippen molar-refractivity contribution in [2.75, 3.05) is 0 Å². The third-order valence-electron chi connectivity index (χ3n) is 2.51. The standard InChI is InChI=1S/C12H15IN2S/c1-7(2)15-6-11(13)12(14-15)10-5-8(3)16-9(10)4/h5-7H,1-4H3. The fourth-order valence-corrected chi connectivity index (χ4v) is 3.29. The van der Waals surface area contributed by atoms with Crippen molar-refractivity contribution in [1.29, 1.82) is 0 Å². The monoisotopic (exact) mass is 346 g/mol. The maximum atomic E-state index is 4.67. The van der Waals surface area contributed by atoms with Gasteiger partial charge in [-0.1, -0.05) is 0 Å². The Balaban J connectivity index is 2.52. The maximum absolute atomic E-state index is 4.67. The minimum atomic E-state index is 0.419. The van der Waals surface area contributed by atoms with Gasteiger partial charge in [-0.05, 0) is 56.4 Å². The van der Waals surface area contributed by atoms with Gasteiger partial charge in [0.05, 0.1) is 3.57 Å². The van der Waals surface area contributed by atoms with Crippen LogP contribution in [0.4, 0.5) is 0 Å². The van der Waals surface area contributed by atoms with Gasteiger partial charge in [-0.2, -0.15) is 5.10 Å². The van der Waals surface area contributed by atoms with E-state index in [0.717, 1.165) is 5.69 Å². The minimum absolute atomic E-state index is 0.419. The first-order valence-corrected chi connectivity index (χ1v) is 7.20. The first-order chi connectivity index (χ1) is 7.49. The summed E-state index contributed by atoms with van der Waals surface area (Å²) in [5, 5.41) is 4.67. The average molecular weight is 346 g/mol. The van der Waals surface area contributed by atoms with E-state index in [-0.39, 0.29) is 0 Å². The van der Waals surface area contributed by atoms with Gasteiger partial charge >= 0.3 is 0 Å². The highest BCUT2D eigenvalue weighted by molar-refractivity contribution is 14.1. The number of aromatic nitrogens is 2. The number of halogens is 1. The van der Waals surface area contributed by atoms with Crippen LogP contribution in [0.25, 0.3) is 11.3 Å². The molecule has 0 fully saturated rings. The average Bonchev–Trinajstić information content (AvgIpc) is 2.69. The summed E-state index contributed by atoms with van der Waals surface area (Å²) in [5.74, 6) is 0. The molecule has 2 nitrogen and oxygen atoms in total. The minimum Gasteiger partial charge on any atom is -0.269 e. The topological polar surface area (TPSA) is 17.8 Å². The van der Waals surface area contributed by atoms with Crippen LogP contribution in [0.15, 0.2) is 12.3 Å².